The molecule has 44 heavy (non-hydrogen) atoms. The highest BCUT2D eigenvalue weighted by molar-refractivity contribution is 9.11. The average molecular weight is 724 g/mol. The summed E-state index contributed by atoms with van der Waals surface area (Å²) in [6, 6.07) is 12.5. The number of carbonyl (C=O) groups is 3. The summed E-state index contributed by atoms with van der Waals surface area (Å²) in [6.07, 6.45) is 6.67. The molecule has 0 aliphatic heterocycles. The van der Waals surface area contributed by atoms with Gasteiger partial charge in [-0.2, -0.15) is 0 Å². The largest absolute Gasteiger partial charge is 0.477 e. The molecule has 0 saturated carbocycles. The Morgan fingerprint density at radius 1 is 0.727 bits per heavy atom. The van der Waals surface area contributed by atoms with E-state index >= 15 is 0 Å². The molecular weight excluding hydrogens is 692 g/mol. The normalized spacial score (nSPS) is 14.3. The van der Waals surface area contributed by atoms with Crippen LogP contribution >= 0.6 is 31.9 Å². The molecule has 2 aromatic carbocycles. The van der Waals surface area contributed by atoms with Gasteiger partial charge in [-0.3, -0.25) is 0 Å². The molecule has 10 heteroatoms. The summed E-state index contributed by atoms with van der Waals surface area (Å²) in [7, 11) is 3.61. The quantitative estimate of drug-likeness (QED) is 0.152. The van der Waals surface area contributed by atoms with Crippen molar-refractivity contribution in [3.63, 3.8) is 0 Å². The SMILES string of the molecule is Cn1c(C(=O)O)c2c(c1C(c1ccc(C(=O)Oc3ccc(Br)cc3Br)cc1)c1c3c(c(C(=O)O)n1C)CCCC3)CCCC2. The van der Waals surface area contributed by atoms with Gasteiger partial charge in [-0.1, -0.05) is 28.1 Å². The molecule has 0 radical (unpaired) electrons. The van der Waals surface area contributed by atoms with Crippen molar-refractivity contribution >= 4 is 49.8 Å². The summed E-state index contributed by atoms with van der Waals surface area (Å²) in [5.74, 6) is -2.48. The second-order valence-corrected chi connectivity index (χ2v) is 13.3. The molecule has 0 bridgehead atoms. The molecule has 0 unspecified atom stereocenters. The topological polar surface area (TPSA) is 111 Å². The summed E-state index contributed by atoms with van der Waals surface area (Å²) in [4.78, 5) is 38.2. The van der Waals surface area contributed by atoms with Crippen molar-refractivity contribution in [3.8, 4) is 5.75 Å². The van der Waals surface area contributed by atoms with Gasteiger partial charge >= 0.3 is 17.9 Å². The molecule has 2 heterocycles. The van der Waals surface area contributed by atoms with Gasteiger partial charge in [0.25, 0.3) is 0 Å². The molecule has 0 amide bonds. The van der Waals surface area contributed by atoms with Crippen LogP contribution in [0.4, 0.5) is 0 Å². The van der Waals surface area contributed by atoms with Gasteiger partial charge in [0.2, 0.25) is 0 Å². The fourth-order valence-corrected chi connectivity index (χ4v) is 8.33. The average Bonchev–Trinajstić information content (AvgIpc) is 3.45. The monoisotopic (exact) mass is 722 g/mol. The van der Waals surface area contributed by atoms with E-state index in [1.54, 1.807) is 53.6 Å². The van der Waals surface area contributed by atoms with Crippen molar-refractivity contribution in [1.29, 1.82) is 0 Å². The maximum absolute atomic E-state index is 13.1. The van der Waals surface area contributed by atoms with Crippen LogP contribution in [0.25, 0.3) is 0 Å². The predicted octanol–water partition coefficient (Wildman–Crippen LogP) is 7.44. The van der Waals surface area contributed by atoms with Gasteiger partial charge in [-0.05, 0) is 125 Å². The molecule has 0 fully saturated rings. The van der Waals surface area contributed by atoms with Crippen molar-refractivity contribution in [2.75, 3.05) is 0 Å². The minimum Gasteiger partial charge on any atom is -0.477 e. The number of hydrogen-bond donors (Lipinski definition) is 2. The standard InChI is InChI=1S/C34H32Br2N2O6/c1-37-28(21-7-3-5-9-23(21)30(37)32(39)40)27(29-22-8-4-6-10-24(22)31(33(41)42)38(29)2)18-11-13-19(14-12-18)34(43)44-26-16-15-20(35)17-25(26)36/h11-17,27H,3-10H2,1-2H3,(H,39,40)(H,41,42). The predicted molar refractivity (Wildman–Crippen MR) is 172 cm³/mol. The van der Waals surface area contributed by atoms with Crippen molar-refractivity contribution in [1.82, 2.24) is 9.13 Å². The number of carbonyl (C=O) groups excluding carboxylic acids is 1. The lowest BCUT2D eigenvalue weighted by atomic mass is 9.81. The molecule has 0 atom stereocenters. The van der Waals surface area contributed by atoms with Crippen molar-refractivity contribution in [3.05, 3.63) is 108 Å². The summed E-state index contributed by atoms with van der Waals surface area (Å²) in [5, 5.41) is 20.5. The van der Waals surface area contributed by atoms with Gasteiger partial charge in [0, 0.05) is 30.0 Å². The molecule has 0 saturated heterocycles. The van der Waals surface area contributed by atoms with E-state index in [-0.39, 0.29) is 0 Å². The third kappa shape index (κ3) is 5.21. The van der Waals surface area contributed by atoms with Gasteiger partial charge < -0.3 is 24.1 Å². The van der Waals surface area contributed by atoms with Crippen LogP contribution in [0.5, 0.6) is 5.75 Å². The van der Waals surface area contributed by atoms with E-state index in [2.05, 4.69) is 31.9 Å². The smallest absolute Gasteiger partial charge is 0.352 e. The highest BCUT2D eigenvalue weighted by Crippen LogP contribution is 2.44. The molecule has 2 aliphatic rings. The van der Waals surface area contributed by atoms with E-state index < -0.39 is 23.8 Å². The van der Waals surface area contributed by atoms with Crippen LogP contribution in [0, 0.1) is 0 Å². The van der Waals surface area contributed by atoms with Gasteiger partial charge in [-0.25, -0.2) is 14.4 Å². The second-order valence-electron chi connectivity index (χ2n) is 11.5. The number of benzene rings is 2. The first-order valence-electron chi connectivity index (χ1n) is 14.7. The van der Waals surface area contributed by atoms with Crippen LogP contribution < -0.4 is 4.74 Å². The summed E-state index contributed by atoms with van der Waals surface area (Å²) in [6.45, 7) is 0. The van der Waals surface area contributed by atoms with Crippen LogP contribution in [-0.4, -0.2) is 37.3 Å². The number of carboxylic acid groups (broad SMARTS) is 2. The fourth-order valence-electron chi connectivity index (χ4n) is 7.20. The Bertz CT molecular complexity index is 1740. The van der Waals surface area contributed by atoms with Crippen LogP contribution in [0.15, 0.2) is 51.4 Å². The lowest BCUT2D eigenvalue weighted by molar-refractivity contribution is 0.0674. The number of aromatic carboxylic acids is 2. The molecular formula is C34H32Br2N2O6. The van der Waals surface area contributed by atoms with Gasteiger partial charge in [0.15, 0.2) is 0 Å². The zero-order valence-corrected chi connectivity index (χ0v) is 27.6. The lowest BCUT2D eigenvalue weighted by Crippen LogP contribution is -2.18. The Labute approximate surface area is 271 Å². The van der Waals surface area contributed by atoms with Crippen molar-refractivity contribution in [2.24, 2.45) is 14.1 Å². The third-order valence-electron chi connectivity index (χ3n) is 9.05. The van der Waals surface area contributed by atoms with Crippen molar-refractivity contribution in [2.45, 2.75) is 57.3 Å². The Morgan fingerprint density at radius 2 is 1.20 bits per heavy atom. The van der Waals surface area contributed by atoms with E-state index in [1.165, 1.54) is 0 Å². The molecule has 4 aromatic rings. The maximum Gasteiger partial charge on any atom is 0.352 e. The Morgan fingerprint density at radius 3 is 1.66 bits per heavy atom. The zero-order chi connectivity index (χ0) is 31.3. The Balaban J connectivity index is 1.52. The number of nitrogens with zero attached hydrogens (tertiary/aromatic N) is 2. The molecule has 0 spiro atoms. The molecule has 8 nitrogen and oxygen atoms in total. The number of halogens is 2. The molecule has 228 valence electrons. The second kappa shape index (κ2) is 12.0. The van der Waals surface area contributed by atoms with Crippen LogP contribution in [0.3, 0.4) is 0 Å². The summed E-state index contributed by atoms with van der Waals surface area (Å²) >= 11 is 6.84. The van der Waals surface area contributed by atoms with E-state index in [4.69, 9.17) is 4.74 Å². The highest BCUT2D eigenvalue weighted by atomic mass is 79.9. The number of hydrogen-bond acceptors (Lipinski definition) is 4. The first-order chi connectivity index (χ1) is 21.1. The van der Waals surface area contributed by atoms with Crippen molar-refractivity contribution < 1.29 is 29.3 Å². The van der Waals surface area contributed by atoms with E-state index in [0.29, 0.717) is 40.0 Å². The summed E-state index contributed by atoms with van der Waals surface area (Å²) < 4.78 is 10.8. The molecule has 2 aliphatic carbocycles. The number of fused-ring (bicyclic) bond motifs is 2. The minimum atomic E-state index is -0.965. The first kappa shape index (κ1) is 30.4. The van der Waals surface area contributed by atoms with Gasteiger partial charge in [-0.15, -0.1) is 0 Å². The number of esters is 1. The Hall–Kier alpha value is -3.63. The number of ether oxygens (including phenoxy) is 1. The fraction of sp³-hybridized carbons (Fsp3) is 0.324. The van der Waals surface area contributed by atoms with E-state index in [9.17, 15) is 24.6 Å². The van der Waals surface area contributed by atoms with E-state index in [1.807, 2.05) is 12.1 Å². The third-order valence-corrected chi connectivity index (χ3v) is 10.2. The molecule has 2 aromatic heterocycles. The van der Waals surface area contributed by atoms with Crippen LogP contribution in [-0.2, 0) is 39.8 Å². The number of rotatable bonds is 7. The maximum atomic E-state index is 13.1. The summed E-state index contributed by atoms with van der Waals surface area (Å²) in [5.41, 5.74) is 7.35. The van der Waals surface area contributed by atoms with Gasteiger partial charge in [0.05, 0.1) is 16.0 Å². The first-order valence-corrected chi connectivity index (χ1v) is 16.3. The number of carboxylic acids is 2. The molecule has 6 rings (SSSR count). The highest BCUT2D eigenvalue weighted by Gasteiger charge is 2.37. The number of aromatic nitrogens is 2. The van der Waals surface area contributed by atoms with Crippen LogP contribution in [0.2, 0.25) is 0 Å². The zero-order valence-electron chi connectivity index (χ0n) is 24.5. The van der Waals surface area contributed by atoms with E-state index in [0.717, 1.165) is 82.2 Å². The molecule has 2 N–H and O–H groups in total. The lowest BCUT2D eigenvalue weighted by Gasteiger charge is -2.26. The minimum absolute atomic E-state index is 0.293. The Kier molecular flexibility index (Phi) is 8.32. The van der Waals surface area contributed by atoms with Gasteiger partial charge in [0.1, 0.15) is 17.1 Å². The van der Waals surface area contributed by atoms with Crippen LogP contribution in [0.1, 0.15) is 102 Å².